The van der Waals surface area contributed by atoms with Crippen molar-refractivity contribution in [3.63, 3.8) is 0 Å². The lowest BCUT2D eigenvalue weighted by Crippen LogP contribution is -2.04. The molecule has 3 aromatic heterocycles. The van der Waals surface area contributed by atoms with Crippen LogP contribution in [-0.2, 0) is 0 Å². The highest BCUT2D eigenvalue weighted by molar-refractivity contribution is 6.11. The molecule has 1 aliphatic rings. The van der Waals surface area contributed by atoms with E-state index in [1.165, 1.54) is 11.1 Å². The third-order valence-electron chi connectivity index (χ3n) is 12.9. The van der Waals surface area contributed by atoms with Crippen molar-refractivity contribution in [1.82, 2.24) is 24.5 Å². The summed E-state index contributed by atoms with van der Waals surface area (Å²) in [5.74, 6) is 1.69. The van der Waals surface area contributed by atoms with Crippen LogP contribution in [0.25, 0.3) is 112 Å². The third-order valence-corrected chi connectivity index (χ3v) is 12.9. The molecule has 322 valence electrons. The predicted octanol–water partition coefficient (Wildman–Crippen LogP) is 16.0. The third kappa shape index (κ3) is 7.90. The average Bonchev–Trinajstić information content (AvgIpc) is 3.75. The second-order valence-electron chi connectivity index (χ2n) is 17.6. The van der Waals surface area contributed by atoms with Crippen LogP contribution >= 0.6 is 0 Å². The molecule has 1 atom stereocenters. The molecular weight excluding hydrogens is 827 g/mol. The van der Waals surface area contributed by atoms with Gasteiger partial charge < -0.3 is 0 Å². The number of fused-ring (bicyclic) bond motifs is 3. The van der Waals surface area contributed by atoms with Crippen LogP contribution in [0.3, 0.4) is 0 Å². The maximum Gasteiger partial charge on any atom is 0.235 e. The fraction of sp³-hybridized carbons (Fsp3) is 0.0476. The summed E-state index contributed by atoms with van der Waals surface area (Å²) in [5, 5.41) is 2.13. The first-order valence-corrected chi connectivity index (χ1v) is 23.3. The number of aromatic nitrogens is 5. The van der Waals surface area contributed by atoms with Crippen LogP contribution in [0.15, 0.2) is 237 Å². The van der Waals surface area contributed by atoms with Gasteiger partial charge in [-0.15, -0.1) is 0 Å². The monoisotopic (exact) mass is 871 g/mol. The van der Waals surface area contributed by atoms with E-state index in [1.807, 2.05) is 18.2 Å². The van der Waals surface area contributed by atoms with Crippen LogP contribution in [0.1, 0.15) is 19.0 Å². The lowest BCUT2D eigenvalue weighted by atomic mass is 9.93. The Morgan fingerprint density at radius 3 is 1.28 bits per heavy atom. The molecule has 0 radical (unpaired) electrons. The van der Waals surface area contributed by atoms with Gasteiger partial charge in [-0.25, -0.2) is 19.9 Å². The van der Waals surface area contributed by atoms with E-state index in [-0.39, 0.29) is 0 Å². The minimum atomic E-state index is 0.424. The number of benzene rings is 8. The molecule has 0 saturated carbocycles. The van der Waals surface area contributed by atoms with Crippen LogP contribution < -0.4 is 0 Å². The smallest absolute Gasteiger partial charge is 0.235 e. The molecule has 0 N–H and O–H groups in total. The predicted molar refractivity (Wildman–Crippen MR) is 281 cm³/mol. The summed E-state index contributed by atoms with van der Waals surface area (Å²) in [6.07, 6.45) is 7.79. The molecular formula is C63H45N5. The van der Waals surface area contributed by atoms with Gasteiger partial charge >= 0.3 is 0 Å². The molecule has 1 unspecified atom stereocenters. The quantitative estimate of drug-likeness (QED) is 0.145. The Morgan fingerprint density at radius 1 is 0.368 bits per heavy atom. The van der Waals surface area contributed by atoms with Gasteiger partial charge in [-0.05, 0) is 112 Å². The summed E-state index contributed by atoms with van der Waals surface area (Å²) in [4.78, 5) is 21.3. The summed E-state index contributed by atoms with van der Waals surface area (Å²) in [6, 6.07) is 76.9. The Morgan fingerprint density at radius 2 is 0.779 bits per heavy atom. The van der Waals surface area contributed by atoms with E-state index in [4.69, 9.17) is 19.9 Å². The van der Waals surface area contributed by atoms with E-state index in [1.54, 1.807) is 0 Å². The Hall–Kier alpha value is -8.80. The van der Waals surface area contributed by atoms with Gasteiger partial charge in [-0.3, -0.25) is 4.57 Å². The first kappa shape index (κ1) is 40.7. The van der Waals surface area contributed by atoms with Gasteiger partial charge in [-0.1, -0.05) is 183 Å². The van der Waals surface area contributed by atoms with Gasteiger partial charge in [-0.2, -0.15) is 0 Å². The molecule has 0 aliphatic heterocycles. The van der Waals surface area contributed by atoms with Crippen molar-refractivity contribution in [3.05, 3.63) is 242 Å². The highest BCUT2D eigenvalue weighted by atomic mass is 15.2. The average molecular weight is 872 g/mol. The largest absolute Gasteiger partial charge is 0.278 e. The van der Waals surface area contributed by atoms with E-state index in [0.717, 1.165) is 101 Å². The van der Waals surface area contributed by atoms with Crippen LogP contribution in [-0.4, -0.2) is 24.5 Å². The van der Waals surface area contributed by atoms with E-state index < -0.39 is 0 Å². The lowest BCUT2D eigenvalue weighted by molar-refractivity contribution is 0.739. The number of rotatable bonds is 9. The van der Waals surface area contributed by atoms with E-state index in [9.17, 15) is 0 Å². The van der Waals surface area contributed by atoms with Gasteiger partial charge in [0, 0.05) is 33.0 Å². The maximum atomic E-state index is 5.35. The lowest BCUT2D eigenvalue weighted by Gasteiger charge is -2.14. The first-order chi connectivity index (χ1) is 33.6. The molecule has 5 heteroatoms. The van der Waals surface area contributed by atoms with Gasteiger partial charge in [0.15, 0.2) is 5.82 Å². The maximum absolute atomic E-state index is 5.35. The Balaban J connectivity index is 1.11. The zero-order valence-corrected chi connectivity index (χ0v) is 37.5. The summed E-state index contributed by atoms with van der Waals surface area (Å²) in [5.41, 5.74) is 17.5. The molecule has 11 aromatic rings. The molecule has 0 saturated heterocycles. The molecule has 0 spiro atoms. The fourth-order valence-corrected chi connectivity index (χ4v) is 9.49. The van der Waals surface area contributed by atoms with Crippen LogP contribution in [0.2, 0.25) is 0 Å². The number of hydrogen-bond donors (Lipinski definition) is 0. The van der Waals surface area contributed by atoms with Gasteiger partial charge in [0.1, 0.15) is 0 Å². The van der Waals surface area contributed by atoms with Crippen molar-refractivity contribution >= 4 is 27.4 Å². The van der Waals surface area contributed by atoms with Crippen molar-refractivity contribution in [2.45, 2.75) is 13.3 Å². The Labute approximate surface area is 396 Å². The van der Waals surface area contributed by atoms with Crippen LogP contribution in [0, 0.1) is 5.92 Å². The SMILES string of the molecule is CC1C=C(c2cc(-c3ccccc3)nc(-c3ccc4c(c3)c3cc(-c5cc(-c6ccccc6)cc(-c6ccccc6)c5)ccc3n4-c3nc(-c4ccccc4)cc(-c4ccccc4)n3)n2)C=CC1. The second-order valence-corrected chi connectivity index (χ2v) is 17.6. The molecule has 3 heterocycles. The number of hydrogen-bond acceptors (Lipinski definition) is 4. The van der Waals surface area contributed by atoms with Crippen LogP contribution in [0.4, 0.5) is 0 Å². The van der Waals surface area contributed by atoms with Crippen molar-refractivity contribution in [2.75, 3.05) is 0 Å². The number of nitrogens with zero attached hydrogens (tertiary/aromatic N) is 5. The first-order valence-electron chi connectivity index (χ1n) is 23.3. The molecule has 0 amide bonds. The molecule has 5 nitrogen and oxygen atoms in total. The van der Waals surface area contributed by atoms with Crippen molar-refractivity contribution in [3.8, 4) is 84.5 Å². The Bertz CT molecular complexity index is 3580. The minimum Gasteiger partial charge on any atom is -0.278 e. The summed E-state index contributed by atoms with van der Waals surface area (Å²) in [7, 11) is 0. The number of allylic oxidation sites excluding steroid dienone is 4. The molecule has 8 aromatic carbocycles. The summed E-state index contributed by atoms with van der Waals surface area (Å²) in [6.45, 7) is 2.25. The van der Waals surface area contributed by atoms with E-state index in [0.29, 0.717) is 17.7 Å². The van der Waals surface area contributed by atoms with Gasteiger partial charge in [0.2, 0.25) is 5.95 Å². The van der Waals surface area contributed by atoms with E-state index in [2.05, 4.69) is 230 Å². The van der Waals surface area contributed by atoms with Gasteiger partial charge in [0.25, 0.3) is 0 Å². The molecule has 68 heavy (non-hydrogen) atoms. The molecule has 1 aliphatic carbocycles. The normalized spacial score (nSPS) is 13.5. The van der Waals surface area contributed by atoms with Crippen molar-refractivity contribution in [2.24, 2.45) is 5.92 Å². The van der Waals surface area contributed by atoms with Gasteiger partial charge in [0.05, 0.1) is 33.8 Å². The van der Waals surface area contributed by atoms with Crippen LogP contribution in [0.5, 0.6) is 0 Å². The molecule has 0 bridgehead atoms. The highest BCUT2D eigenvalue weighted by Gasteiger charge is 2.21. The second kappa shape index (κ2) is 17.5. The molecule has 0 fully saturated rings. The minimum absolute atomic E-state index is 0.424. The van der Waals surface area contributed by atoms with Crippen molar-refractivity contribution < 1.29 is 0 Å². The fourth-order valence-electron chi connectivity index (χ4n) is 9.49. The summed E-state index contributed by atoms with van der Waals surface area (Å²) < 4.78 is 2.22. The van der Waals surface area contributed by atoms with Crippen molar-refractivity contribution in [1.29, 1.82) is 0 Å². The zero-order chi connectivity index (χ0) is 45.4. The van der Waals surface area contributed by atoms with E-state index >= 15 is 0 Å². The molecule has 12 rings (SSSR count). The summed E-state index contributed by atoms with van der Waals surface area (Å²) >= 11 is 0. The topological polar surface area (TPSA) is 56.5 Å². The highest BCUT2D eigenvalue weighted by Crippen LogP contribution is 2.40. The standard InChI is InChI=1S/C63H45N5/c1-42-18-17-29-49(34-42)59-40-56(45-23-11-4-12-24-45)64-62(65-59)50-31-33-61-55(39-50)54-38-48(53-36-51(43-19-7-2-8-20-43)35-52(37-53)44-21-9-3-10-22-44)30-32-60(54)68(61)63-66-57(46-25-13-5-14-26-46)41-58(67-63)47-27-15-6-16-28-47/h2-17,19-42H,18H2,1H3. The Kier molecular flexibility index (Phi) is 10.5. The zero-order valence-electron chi connectivity index (χ0n) is 37.5.